The lowest BCUT2D eigenvalue weighted by Crippen LogP contribution is -2.36. The molecule has 0 heterocycles. The smallest absolute Gasteiger partial charge is 0.235 e. The molecule has 0 aromatic heterocycles. The van der Waals surface area contributed by atoms with Crippen LogP contribution >= 0.6 is 11.6 Å². The van der Waals surface area contributed by atoms with E-state index < -0.39 is 12.2 Å². The Kier molecular flexibility index (Phi) is 5.25. The zero-order valence-corrected chi connectivity index (χ0v) is 9.39. The van der Waals surface area contributed by atoms with Gasteiger partial charge in [-0.25, -0.2) is 0 Å². The van der Waals surface area contributed by atoms with Crippen LogP contribution in [0.4, 0.5) is 0 Å². The molecule has 1 rings (SSSR count). The van der Waals surface area contributed by atoms with E-state index in [1.807, 2.05) is 6.07 Å². The molecule has 0 saturated carbocycles. The molecule has 0 spiro atoms. The summed E-state index contributed by atoms with van der Waals surface area (Å²) in [5.41, 5.74) is 0.607. The third-order valence-electron chi connectivity index (χ3n) is 2.14. The van der Waals surface area contributed by atoms with Crippen molar-refractivity contribution in [2.75, 3.05) is 12.4 Å². The summed E-state index contributed by atoms with van der Waals surface area (Å²) >= 11 is 5.28. The Hall–Kier alpha value is -1.10. The summed E-state index contributed by atoms with van der Waals surface area (Å²) < 4.78 is 0. The highest BCUT2D eigenvalue weighted by Gasteiger charge is 2.18. The molecule has 0 aliphatic heterocycles. The number of nitrogens with one attached hydrogen (secondary N) is 1. The van der Waals surface area contributed by atoms with E-state index in [4.69, 9.17) is 11.6 Å². The monoisotopic (exact) mass is 243 g/mol. The molecule has 5 heteroatoms. The van der Waals surface area contributed by atoms with Crippen molar-refractivity contribution in [3.63, 3.8) is 0 Å². The van der Waals surface area contributed by atoms with Gasteiger partial charge in [-0.15, -0.1) is 11.6 Å². The molecule has 3 N–H and O–H groups in total. The molecule has 2 atom stereocenters. The molecule has 0 aliphatic rings. The molecule has 0 aliphatic carbocycles. The van der Waals surface area contributed by atoms with Gasteiger partial charge < -0.3 is 15.5 Å². The van der Waals surface area contributed by atoms with Crippen LogP contribution in [0.1, 0.15) is 11.7 Å². The van der Waals surface area contributed by atoms with Gasteiger partial charge in [0.2, 0.25) is 5.91 Å². The van der Waals surface area contributed by atoms with Crippen LogP contribution in [0.15, 0.2) is 30.3 Å². The van der Waals surface area contributed by atoms with Crippen molar-refractivity contribution in [1.82, 2.24) is 5.32 Å². The summed E-state index contributed by atoms with van der Waals surface area (Å²) in [6, 6.07) is 8.76. The second-order valence-corrected chi connectivity index (χ2v) is 3.63. The topological polar surface area (TPSA) is 69.6 Å². The van der Waals surface area contributed by atoms with Gasteiger partial charge in [0.15, 0.2) is 0 Å². The third kappa shape index (κ3) is 3.81. The Bertz CT molecular complexity index is 331. The van der Waals surface area contributed by atoms with Gasteiger partial charge >= 0.3 is 0 Å². The van der Waals surface area contributed by atoms with E-state index in [9.17, 15) is 15.0 Å². The first-order chi connectivity index (χ1) is 7.65. The second-order valence-electron chi connectivity index (χ2n) is 3.36. The molecule has 0 unspecified atom stereocenters. The normalized spacial score (nSPS) is 14.2. The first kappa shape index (κ1) is 13.0. The summed E-state index contributed by atoms with van der Waals surface area (Å²) in [6.07, 6.45) is -2.06. The van der Waals surface area contributed by atoms with Gasteiger partial charge in [-0.05, 0) is 5.56 Å². The van der Waals surface area contributed by atoms with Crippen LogP contribution in [0.2, 0.25) is 0 Å². The molecular weight excluding hydrogens is 230 g/mol. The highest BCUT2D eigenvalue weighted by Crippen LogP contribution is 2.15. The Balaban J connectivity index is 2.48. The Morgan fingerprint density at radius 2 is 1.94 bits per heavy atom. The fourth-order valence-electron chi connectivity index (χ4n) is 1.25. The minimum absolute atomic E-state index is 0.0262. The highest BCUT2D eigenvalue weighted by atomic mass is 35.5. The molecule has 0 saturated heterocycles. The third-order valence-corrected chi connectivity index (χ3v) is 2.38. The molecule has 1 amide bonds. The van der Waals surface area contributed by atoms with E-state index in [1.54, 1.807) is 24.3 Å². The maximum atomic E-state index is 10.8. The van der Waals surface area contributed by atoms with E-state index in [2.05, 4.69) is 5.32 Å². The fraction of sp³-hybridized carbons (Fsp3) is 0.364. The average Bonchev–Trinajstić information content (AvgIpc) is 2.35. The number of carbonyl (C=O) groups excluding carboxylic acids is 1. The van der Waals surface area contributed by atoms with Crippen molar-refractivity contribution in [3.8, 4) is 0 Å². The van der Waals surface area contributed by atoms with Crippen molar-refractivity contribution < 1.29 is 15.0 Å². The number of hydrogen-bond acceptors (Lipinski definition) is 3. The zero-order valence-electron chi connectivity index (χ0n) is 8.64. The number of aliphatic hydroxyl groups is 2. The van der Waals surface area contributed by atoms with Crippen LogP contribution in [0.25, 0.3) is 0 Å². The van der Waals surface area contributed by atoms with Crippen molar-refractivity contribution in [1.29, 1.82) is 0 Å². The number of amides is 1. The second kappa shape index (κ2) is 6.48. The maximum Gasteiger partial charge on any atom is 0.235 e. The predicted molar refractivity (Wildman–Crippen MR) is 61.1 cm³/mol. The van der Waals surface area contributed by atoms with Crippen LogP contribution in [0, 0.1) is 0 Å². The Morgan fingerprint density at radius 3 is 2.50 bits per heavy atom. The lowest BCUT2D eigenvalue weighted by molar-refractivity contribution is -0.119. The van der Waals surface area contributed by atoms with Crippen LogP contribution < -0.4 is 5.32 Å². The van der Waals surface area contributed by atoms with Crippen molar-refractivity contribution in [3.05, 3.63) is 35.9 Å². The van der Waals surface area contributed by atoms with E-state index in [0.717, 1.165) is 0 Å². The summed E-state index contributed by atoms with van der Waals surface area (Å²) in [5, 5.41) is 21.7. The number of alkyl halides is 1. The lowest BCUT2D eigenvalue weighted by atomic mass is 10.0. The van der Waals surface area contributed by atoms with E-state index in [1.165, 1.54) is 0 Å². The largest absolute Gasteiger partial charge is 0.388 e. The van der Waals surface area contributed by atoms with Gasteiger partial charge in [0, 0.05) is 6.54 Å². The zero-order chi connectivity index (χ0) is 12.0. The van der Waals surface area contributed by atoms with Crippen molar-refractivity contribution in [2.24, 2.45) is 0 Å². The van der Waals surface area contributed by atoms with Gasteiger partial charge in [0.05, 0.1) is 0 Å². The molecule has 4 nitrogen and oxygen atoms in total. The summed E-state index contributed by atoms with van der Waals surface area (Å²) in [7, 11) is 0. The first-order valence-corrected chi connectivity index (χ1v) is 5.42. The number of carbonyl (C=O) groups is 1. The molecule has 88 valence electrons. The Labute approximate surface area is 98.9 Å². The van der Waals surface area contributed by atoms with Crippen LogP contribution in [-0.2, 0) is 4.79 Å². The quantitative estimate of drug-likeness (QED) is 0.657. The van der Waals surface area contributed by atoms with Crippen molar-refractivity contribution in [2.45, 2.75) is 12.2 Å². The average molecular weight is 244 g/mol. The molecule has 0 radical (unpaired) electrons. The van der Waals surface area contributed by atoms with Gasteiger partial charge in [-0.2, -0.15) is 0 Å². The lowest BCUT2D eigenvalue weighted by Gasteiger charge is -2.18. The van der Waals surface area contributed by atoms with E-state index in [-0.39, 0.29) is 18.3 Å². The van der Waals surface area contributed by atoms with Crippen LogP contribution in [0.5, 0.6) is 0 Å². The van der Waals surface area contributed by atoms with Gasteiger partial charge in [-0.3, -0.25) is 4.79 Å². The number of hydrogen-bond donors (Lipinski definition) is 3. The minimum atomic E-state index is -1.05. The molecule has 0 bridgehead atoms. The molecule has 1 aromatic rings. The summed E-state index contributed by atoms with van der Waals surface area (Å²) in [6.45, 7) is -0.0262. The maximum absolute atomic E-state index is 10.8. The molecule has 16 heavy (non-hydrogen) atoms. The number of aliphatic hydroxyl groups excluding tert-OH is 2. The number of halogens is 1. The summed E-state index contributed by atoms with van der Waals surface area (Å²) in [4.78, 5) is 10.8. The fourth-order valence-corrected chi connectivity index (χ4v) is 1.34. The van der Waals surface area contributed by atoms with Crippen LogP contribution in [-0.4, -0.2) is 34.6 Å². The van der Waals surface area contributed by atoms with Gasteiger partial charge in [0.1, 0.15) is 18.1 Å². The molecule has 0 fully saturated rings. The predicted octanol–water partition coefficient (Wildman–Crippen LogP) is 0.436. The Morgan fingerprint density at radius 1 is 1.31 bits per heavy atom. The summed E-state index contributed by atoms with van der Waals surface area (Å²) in [5.74, 6) is -0.533. The standard InChI is InChI=1S/C11H14ClNO3/c12-6-10(15)13-7-9(14)11(16)8-4-2-1-3-5-8/h1-5,9,11,14,16H,6-7H2,(H,13,15)/t9-,11-/m0/s1. The molecular formula is C11H14ClNO3. The number of benzene rings is 1. The van der Waals surface area contributed by atoms with Crippen molar-refractivity contribution >= 4 is 17.5 Å². The van der Waals surface area contributed by atoms with E-state index in [0.29, 0.717) is 5.56 Å². The van der Waals surface area contributed by atoms with Gasteiger partial charge in [0.25, 0.3) is 0 Å². The van der Waals surface area contributed by atoms with E-state index >= 15 is 0 Å². The van der Waals surface area contributed by atoms with Crippen LogP contribution in [0.3, 0.4) is 0 Å². The number of rotatable bonds is 5. The highest BCUT2D eigenvalue weighted by molar-refractivity contribution is 6.27. The SMILES string of the molecule is O=C(CCl)NC[C@H](O)[C@@H](O)c1ccccc1. The molecule has 1 aromatic carbocycles. The minimum Gasteiger partial charge on any atom is -0.388 e. The van der Waals surface area contributed by atoms with Gasteiger partial charge in [-0.1, -0.05) is 30.3 Å². The first-order valence-electron chi connectivity index (χ1n) is 4.89.